The van der Waals surface area contributed by atoms with Gasteiger partial charge in [-0.3, -0.25) is 4.79 Å². The molecule has 0 radical (unpaired) electrons. The molecule has 0 bridgehead atoms. The predicted octanol–water partition coefficient (Wildman–Crippen LogP) is 4.78. The molecule has 0 saturated carbocycles. The fourth-order valence-corrected chi connectivity index (χ4v) is 3.27. The Labute approximate surface area is 160 Å². The van der Waals surface area contributed by atoms with E-state index in [0.29, 0.717) is 16.7 Å². The number of fused-ring (bicyclic) bond motifs is 1. The molecular formula is C21H16N2O3S. The van der Waals surface area contributed by atoms with Gasteiger partial charge in [-0.25, -0.2) is 0 Å². The van der Waals surface area contributed by atoms with Crippen LogP contribution in [0.4, 0.5) is 0 Å². The minimum Gasteiger partial charge on any atom is -0.484 e. The van der Waals surface area contributed by atoms with Crippen LogP contribution in [0.15, 0.2) is 82.4 Å². The molecule has 6 heteroatoms. The van der Waals surface area contributed by atoms with Crippen molar-refractivity contribution in [3.63, 3.8) is 0 Å². The molecule has 0 saturated heterocycles. The minimum absolute atomic E-state index is 0.0211. The van der Waals surface area contributed by atoms with Gasteiger partial charge in [0.25, 0.3) is 11.1 Å². The third kappa shape index (κ3) is 4.35. The van der Waals surface area contributed by atoms with Crippen LogP contribution in [0.5, 0.6) is 5.75 Å². The summed E-state index contributed by atoms with van der Waals surface area (Å²) in [5.74, 6) is 1.38. The molecule has 1 aromatic heterocycles. The zero-order valence-electron chi connectivity index (χ0n) is 14.4. The zero-order chi connectivity index (χ0) is 18.5. The Morgan fingerprint density at radius 1 is 0.926 bits per heavy atom. The van der Waals surface area contributed by atoms with Crippen molar-refractivity contribution in [3.8, 4) is 5.75 Å². The number of ether oxygens (including phenoxy) is 1. The van der Waals surface area contributed by atoms with Gasteiger partial charge in [0.05, 0.1) is 5.75 Å². The molecular weight excluding hydrogens is 360 g/mol. The molecule has 4 rings (SSSR count). The first-order chi connectivity index (χ1) is 13.3. The topological polar surface area (TPSA) is 65.2 Å². The lowest BCUT2D eigenvalue weighted by Gasteiger charge is -2.04. The lowest BCUT2D eigenvalue weighted by atomic mass is 10.1. The highest BCUT2D eigenvalue weighted by Gasteiger charge is 2.11. The van der Waals surface area contributed by atoms with Crippen LogP contribution >= 0.6 is 11.8 Å². The molecule has 0 spiro atoms. The van der Waals surface area contributed by atoms with Crippen LogP contribution in [-0.2, 0) is 6.61 Å². The van der Waals surface area contributed by atoms with E-state index in [0.717, 1.165) is 16.5 Å². The SMILES string of the molecule is O=C(CSc1nnc(COc2ccc3ccccc3c2)o1)c1ccccc1. The van der Waals surface area contributed by atoms with Gasteiger partial charge >= 0.3 is 0 Å². The standard InChI is InChI=1S/C21H16N2O3S/c24-19(16-7-2-1-3-8-16)14-27-21-23-22-20(26-21)13-25-18-11-10-15-6-4-5-9-17(15)12-18/h1-12H,13-14H2. The number of ketones is 1. The first-order valence-corrected chi connectivity index (χ1v) is 9.41. The van der Waals surface area contributed by atoms with E-state index in [1.54, 1.807) is 12.1 Å². The van der Waals surface area contributed by atoms with Crippen molar-refractivity contribution in [1.29, 1.82) is 0 Å². The van der Waals surface area contributed by atoms with Crippen molar-refractivity contribution in [2.75, 3.05) is 5.75 Å². The van der Waals surface area contributed by atoms with Crippen molar-refractivity contribution in [1.82, 2.24) is 10.2 Å². The summed E-state index contributed by atoms with van der Waals surface area (Å²) in [6.45, 7) is 0.179. The summed E-state index contributed by atoms with van der Waals surface area (Å²) >= 11 is 1.22. The smallest absolute Gasteiger partial charge is 0.277 e. The highest BCUT2D eigenvalue weighted by molar-refractivity contribution is 7.99. The number of hydrogen-bond donors (Lipinski definition) is 0. The van der Waals surface area contributed by atoms with Gasteiger partial charge in [0.1, 0.15) is 5.75 Å². The van der Waals surface area contributed by atoms with Crippen LogP contribution < -0.4 is 4.74 Å². The third-order valence-electron chi connectivity index (χ3n) is 3.95. The molecule has 1 heterocycles. The van der Waals surface area contributed by atoms with Crippen molar-refractivity contribution >= 4 is 28.3 Å². The molecule has 3 aromatic carbocycles. The van der Waals surface area contributed by atoms with Gasteiger partial charge in [-0.15, -0.1) is 10.2 Å². The normalized spacial score (nSPS) is 10.8. The number of rotatable bonds is 7. The summed E-state index contributed by atoms with van der Waals surface area (Å²) in [7, 11) is 0. The van der Waals surface area contributed by atoms with Gasteiger partial charge in [-0.1, -0.05) is 72.4 Å². The molecule has 0 aliphatic carbocycles. The quantitative estimate of drug-likeness (QED) is 0.342. The Bertz CT molecular complexity index is 1060. The van der Waals surface area contributed by atoms with Crippen LogP contribution in [0.3, 0.4) is 0 Å². The number of benzene rings is 3. The Balaban J connectivity index is 1.33. The number of hydrogen-bond acceptors (Lipinski definition) is 6. The van der Waals surface area contributed by atoms with Crippen LogP contribution in [0.1, 0.15) is 16.2 Å². The van der Waals surface area contributed by atoms with E-state index in [9.17, 15) is 4.79 Å². The minimum atomic E-state index is 0.0211. The van der Waals surface area contributed by atoms with Crippen LogP contribution in [0.25, 0.3) is 10.8 Å². The van der Waals surface area contributed by atoms with Crippen LogP contribution in [-0.4, -0.2) is 21.7 Å². The van der Waals surface area contributed by atoms with Gasteiger partial charge in [-0.05, 0) is 22.9 Å². The van der Waals surface area contributed by atoms with Gasteiger partial charge in [0, 0.05) is 5.56 Å². The molecule has 27 heavy (non-hydrogen) atoms. The molecule has 134 valence electrons. The Morgan fingerprint density at radius 3 is 2.56 bits per heavy atom. The molecule has 5 nitrogen and oxygen atoms in total. The maximum Gasteiger partial charge on any atom is 0.277 e. The van der Waals surface area contributed by atoms with E-state index in [4.69, 9.17) is 9.15 Å². The number of aromatic nitrogens is 2. The molecule has 0 atom stereocenters. The molecule has 4 aromatic rings. The van der Waals surface area contributed by atoms with Crippen molar-refractivity contribution in [2.24, 2.45) is 0 Å². The Morgan fingerprint density at radius 2 is 1.70 bits per heavy atom. The second-order valence-electron chi connectivity index (χ2n) is 5.84. The van der Waals surface area contributed by atoms with Gasteiger partial charge in [0.15, 0.2) is 12.4 Å². The lowest BCUT2D eigenvalue weighted by molar-refractivity contribution is 0.102. The first kappa shape index (κ1) is 17.3. The van der Waals surface area contributed by atoms with Gasteiger partial charge < -0.3 is 9.15 Å². The van der Waals surface area contributed by atoms with Crippen molar-refractivity contribution < 1.29 is 13.9 Å². The van der Waals surface area contributed by atoms with Crippen LogP contribution in [0.2, 0.25) is 0 Å². The average Bonchev–Trinajstić information content (AvgIpc) is 3.19. The maximum absolute atomic E-state index is 12.1. The molecule has 0 aliphatic rings. The average molecular weight is 376 g/mol. The van der Waals surface area contributed by atoms with E-state index in [-0.39, 0.29) is 18.1 Å². The number of carbonyl (C=O) groups excluding carboxylic acids is 1. The second kappa shape index (κ2) is 8.05. The summed E-state index contributed by atoms with van der Waals surface area (Å²) in [5.41, 5.74) is 0.671. The van der Waals surface area contributed by atoms with E-state index >= 15 is 0 Å². The molecule has 0 amide bonds. The molecule has 0 fully saturated rings. The van der Waals surface area contributed by atoms with Crippen molar-refractivity contribution in [3.05, 3.63) is 84.3 Å². The largest absolute Gasteiger partial charge is 0.484 e. The van der Waals surface area contributed by atoms with E-state index in [1.807, 2.05) is 54.6 Å². The monoisotopic (exact) mass is 376 g/mol. The molecule has 0 N–H and O–H groups in total. The summed E-state index contributed by atoms with van der Waals surface area (Å²) in [4.78, 5) is 12.1. The lowest BCUT2D eigenvalue weighted by Crippen LogP contribution is -2.01. The maximum atomic E-state index is 12.1. The number of thioether (sulfide) groups is 1. The summed E-state index contributed by atoms with van der Waals surface area (Å²) in [6.07, 6.45) is 0. The third-order valence-corrected chi connectivity index (χ3v) is 4.77. The Kier molecular flexibility index (Phi) is 5.16. The van der Waals surface area contributed by atoms with E-state index in [2.05, 4.69) is 16.3 Å². The summed E-state index contributed by atoms with van der Waals surface area (Å²) in [6, 6.07) is 23.1. The van der Waals surface area contributed by atoms with Gasteiger partial charge in [-0.2, -0.15) is 0 Å². The highest BCUT2D eigenvalue weighted by Crippen LogP contribution is 2.22. The Hall–Kier alpha value is -3.12. The number of nitrogens with zero attached hydrogens (tertiary/aromatic N) is 2. The van der Waals surface area contributed by atoms with E-state index < -0.39 is 0 Å². The fraction of sp³-hybridized carbons (Fsp3) is 0.0952. The molecule has 0 aliphatic heterocycles. The van der Waals surface area contributed by atoms with E-state index in [1.165, 1.54) is 11.8 Å². The molecule has 0 unspecified atom stereocenters. The number of carbonyl (C=O) groups is 1. The fourth-order valence-electron chi connectivity index (χ4n) is 2.59. The first-order valence-electron chi connectivity index (χ1n) is 8.43. The van der Waals surface area contributed by atoms with Gasteiger partial charge in [0.2, 0.25) is 0 Å². The second-order valence-corrected chi connectivity index (χ2v) is 6.76. The summed E-state index contributed by atoms with van der Waals surface area (Å²) in [5, 5.41) is 10.6. The summed E-state index contributed by atoms with van der Waals surface area (Å²) < 4.78 is 11.3. The predicted molar refractivity (Wildman–Crippen MR) is 104 cm³/mol. The van der Waals surface area contributed by atoms with Crippen molar-refractivity contribution in [2.45, 2.75) is 11.8 Å². The zero-order valence-corrected chi connectivity index (χ0v) is 15.2. The highest BCUT2D eigenvalue weighted by atomic mass is 32.2. The van der Waals surface area contributed by atoms with Crippen LogP contribution in [0, 0.1) is 0 Å². The number of Topliss-reactive ketones (excluding diaryl/α,β-unsaturated/α-hetero) is 1.